The van der Waals surface area contributed by atoms with Gasteiger partial charge in [-0.25, -0.2) is 0 Å². The zero-order valence-electron chi connectivity index (χ0n) is 7.64. The van der Waals surface area contributed by atoms with Crippen LogP contribution in [0.4, 0.5) is 0 Å². The first-order valence-electron chi connectivity index (χ1n) is 3.76. The molecule has 2 N–H and O–H groups in total. The predicted octanol–water partition coefficient (Wildman–Crippen LogP) is 0.378. The third kappa shape index (κ3) is 4.16. The minimum atomic E-state index is 0.329. The Balaban J connectivity index is 3.78. The second-order valence-electron chi connectivity index (χ2n) is 2.61. The number of hydrogen-bond acceptors (Lipinski definition) is 2. The second kappa shape index (κ2) is 5.32. The monoisotopic (exact) mass is 175 g/mol. The van der Waals surface area contributed by atoms with Gasteiger partial charge in [-0.1, -0.05) is 6.92 Å². The highest BCUT2D eigenvalue weighted by atomic mass is 32.1. The predicted molar refractivity (Wildman–Crippen MR) is 52.6 cm³/mol. The quantitative estimate of drug-likeness (QED) is 0.479. The van der Waals surface area contributed by atoms with Crippen molar-refractivity contribution >= 4 is 17.3 Å². The van der Waals surface area contributed by atoms with Gasteiger partial charge in [0.1, 0.15) is 0 Å². The van der Waals surface area contributed by atoms with Crippen molar-refractivity contribution in [3.8, 4) is 0 Å². The molecule has 0 saturated carbocycles. The standard InChI is InChI=1S/C7H17N3S/c1-5-6(10(3)4)9-7(11)8-2/h6H,5H2,1-4H3,(H2,8,9,11). The van der Waals surface area contributed by atoms with Crippen LogP contribution in [-0.4, -0.2) is 37.3 Å². The fourth-order valence-corrected chi connectivity index (χ4v) is 0.956. The zero-order chi connectivity index (χ0) is 8.85. The second-order valence-corrected chi connectivity index (χ2v) is 3.02. The van der Waals surface area contributed by atoms with Crippen molar-refractivity contribution in [1.82, 2.24) is 15.5 Å². The van der Waals surface area contributed by atoms with Gasteiger partial charge in [-0.15, -0.1) is 0 Å². The van der Waals surface area contributed by atoms with Crippen LogP contribution in [-0.2, 0) is 0 Å². The van der Waals surface area contributed by atoms with E-state index in [9.17, 15) is 0 Å². The lowest BCUT2D eigenvalue weighted by molar-refractivity contribution is 0.268. The molecule has 66 valence electrons. The van der Waals surface area contributed by atoms with Gasteiger partial charge in [-0.05, 0) is 32.7 Å². The first-order chi connectivity index (χ1) is 5.11. The Bertz CT molecular complexity index is 125. The van der Waals surface area contributed by atoms with E-state index in [0.29, 0.717) is 11.3 Å². The highest BCUT2D eigenvalue weighted by Gasteiger charge is 2.07. The minimum Gasteiger partial charge on any atom is -0.366 e. The van der Waals surface area contributed by atoms with Crippen LogP contribution >= 0.6 is 12.2 Å². The molecule has 0 radical (unpaired) electrons. The van der Waals surface area contributed by atoms with E-state index in [4.69, 9.17) is 12.2 Å². The van der Waals surface area contributed by atoms with Crippen molar-refractivity contribution in [2.24, 2.45) is 0 Å². The Hall–Kier alpha value is -0.350. The van der Waals surface area contributed by atoms with Gasteiger partial charge in [-0.3, -0.25) is 4.90 Å². The molecule has 1 unspecified atom stereocenters. The maximum Gasteiger partial charge on any atom is 0.167 e. The summed E-state index contributed by atoms with van der Waals surface area (Å²) < 4.78 is 0. The summed E-state index contributed by atoms with van der Waals surface area (Å²) in [5.74, 6) is 0. The summed E-state index contributed by atoms with van der Waals surface area (Å²) in [5, 5.41) is 6.74. The molecule has 0 aromatic carbocycles. The van der Waals surface area contributed by atoms with Crippen LogP contribution in [0, 0.1) is 0 Å². The van der Waals surface area contributed by atoms with Gasteiger partial charge >= 0.3 is 0 Å². The van der Waals surface area contributed by atoms with E-state index >= 15 is 0 Å². The summed E-state index contributed by atoms with van der Waals surface area (Å²) in [7, 11) is 5.87. The maximum atomic E-state index is 4.97. The van der Waals surface area contributed by atoms with Crippen molar-refractivity contribution in [3.63, 3.8) is 0 Å². The number of nitrogens with zero attached hydrogens (tertiary/aromatic N) is 1. The third-order valence-electron chi connectivity index (χ3n) is 1.53. The molecule has 11 heavy (non-hydrogen) atoms. The van der Waals surface area contributed by atoms with Gasteiger partial charge < -0.3 is 10.6 Å². The van der Waals surface area contributed by atoms with Gasteiger partial charge in [0.2, 0.25) is 0 Å². The SMILES string of the molecule is CCC(NC(=S)NC)N(C)C. The molecule has 0 spiro atoms. The van der Waals surface area contributed by atoms with Crippen LogP contribution in [0.5, 0.6) is 0 Å². The summed E-state index contributed by atoms with van der Waals surface area (Å²) in [5.41, 5.74) is 0. The molecule has 0 aliphatic rings. The highest BCUT2D eigenvalue weighted by molar-refractivity contribution is 7.80. The van der Waals surface area contributed by atoms with E-state index in [0.717, 1.165) is 6.42 Å². The van der Waals surface area contributed by atoms with Crippen LogP contribution in [0.3, 0.4) is 0 Å². The molecule has 0 bridgehead atoms. The van der Waals surface area contributed by atoms with Crippen LogP contribution in [0.2, 0.25) is 0 Å². The van der Waals surface area contributed by atoms with E-state index in [-0.39, 0.29) is 0 Å². The molecule has 3 nitrogen and oxygen atoms in total. The van der Waals surface area contributed by atoms with E-state index in [1.165, 1.54) is 0 Å². The Kier molecular flexibility index (Phi) is 5.15. The number of thiocarbonyl (C=S) groups is 1. The normalized spacial score (nSPS) is 12.8. The van der Waals surface area contributed by atoms with Crippen molar-refractivity contribution in [2.45, 2.75) is 19.5 Å². The minimum absolute atomic E-state index is 0.329. The fraction of sp³-hybridized carbons (Fsp3) is 0.857. The van der Waals surface area contributed by atoms with E-state index in [1.807, 2.05) is 21.1 Å². The van der Waals surface area contributed by atoms with Gasteiger partial charge in [0.15, 0.2) is 5.11 Å². The van der Waals surface area contributed by atoms with Crippen molar-refractivity contribution < 1.29 is 0 Å². The molecule has 0 heterocycles. The lowest BCUT2D eigenvalue weighted by atomic mass is 10.3. The van der Waals surface area contributed by atoms with Gasteiger partial charge in [-0.2, -0.15) is 0 Å². The third-order valence-corrected chi connectivity index (χ3v) is 1.86. The number of rotatable bonds is 3. The molecule has 0 aromatic heterocycles. The Morgan fingerprint density at radius 2 is 2.09 bits per heavy atom. The largest absolute Gasteiger partial charge is 0.366 e. The molecule has 0 aliphatic heterocycles. The van der Waals surface area contributed by atoms with Crippen LogP contribution in [0.15, 0.2) is 0 Å². The highest BCUT2D eigenvalue weighted by Crippen LogP contribution is 1.93. The summed E-state index contributed by atoms with van der Waals surface area (Å²) in [6.45, 7) is 2.12. The summed E-state index contributed by atoms with van der Waals surface area (Å²) in [6, 6.07) is 0. The van der Waals surface area contributed by atoms with Crippen LogP contribution < -0.4 is 10.6 Å². The van der Waals surface area contributed by atoms with Gasteiger partial charge in [0, 0.05) is 7.05 Å². The summed E-state index contributed by atoms with van der Waals surface area (Å²) in [6.07, 6.45) is 1.37. The average Bonchev–Trinajstić information content (AvgIpc) is 1.99. The Morgan fingerprint density at radius 1 is 1.55 bits per heavy atom. The van der Waals surface area contributed by atoms with E-state index < -0.39 is 0 Å². The Morgan fingerprint density at radius 3 is 2.36 bits per heavy atom. The molecule has 1 atom stereocenters. The molecular weight excluding hydrogens is 158 g/mol. The lowest BCUT2D eigenvalue weighted by Gasteiger charge is -2.24. The molecule has 0 fully saturated rings. The first-order valence-corrected chi connectivity index (χ1v) is 4.17. The summed E-state index contributed by atoms with van der Waals surface area (Å²) >= 11 is 4.97. The molecule has 0 aromatic rings. The van der Waals surface area contributed by atoms with Crippen LogP contribution in [0.25, 0.3) is 0 Å². The molecule has 0 saturated heterocycles. The Labute approximate surface area is 74.1 Å². The summed E-state index contributed by atoms with van der Waals surface area (Å²) in [4.78, 5) is 2.10. The topological polar surface area (TPSA) is 27.3 Å². The smallest absolute Gasteiger partial charge is 0.167 e. The molecular formula is C7H17N3S. The molecule has 0 aliphatic carbocycles. The maximum absolute atomic E-state index is 4.97. The zero-order valence-corrected chi connectivity index (χ0v) is 8.46. The van der Waals surface area contributed by atoms with Gasteiger partial charge in [0.05, 0.1) is 6.17 Å². The number of hydrogen-bond donors (Lipinski definition) is 2. The molecule has 0 amide bonds. The van der Waals surface area contributed by atoms with Crippen molar-refractivity contribution in [1.29, 1.82) is 0 Å². The van der Waals surface area contributed by atoms with Crippen molar-refractivity contribution in [3.05, 3.63) is 0 Å². The fourth-order valence-electron chi connectivity index (χ4n) is 0.820. The van der Waals surface area contributed by atoms with Crippen molar-refractivity contribution in [2.75, 3.05) is 21.1 Å². The first kappa shape index (κ1) is 10.7. The molecule has 0 rings (SSSR count). The van der Waals surface area contributed by atoms with Gasteiger partial charge in [0.25, 0.3) is 0 Å². The average molecular weight is 175 g/mol. The number of nitrogens with one attached hydrogen (secondary N) is 2. The lowest BCUT2D eigenvalue weighted by Crippen LogP contribution is -2.47. The van der Waals surface area contributed by atoms with E-state index in [1.54, 1.807) is 0 Å². The molecule has 4 heteroatoms. The van der Waals surface area contributed by atoms with E-state index in [2.05, 4.69) is 22.5 Å². The van der Waals surface area contributed by atoms with Crippen LogP contribution in [0.1, 0.15) is 13.3 Å².